The number of methoxy groups -OCH3 is 1. The van der Waals surface area contributed by atoms with Crippen LogP contribution in [-0.2, 0) is 9.59 Å². The van der Waals surface area contributed by atoms with E-state index in [1.807, 2.05) is 19.0 Å². The Morgan fingerprint density at radius 3 is 2.46 bits per heavy atom. The Labute approximate surface area is 231 Å². The molecule has 0 aliphatic heterocycles. The number of aromatic nitrogens is 2. The Morgan fingerprint density at radius 2 is 1.77 bits per heavy atom. The van der Waals surface area contributed by atoms with E-state index in [-0.39, 0.29) is 28.3 Å². The summed E-state index contributed by atoms with van der Waals surface area (Å²) in [6.07, 6.45) is 4.62. The zero-order valence-electron chi connectivity index (χ0n) is 22.3. The van der Waals surface area contributed by atoms with Crippen molar-refractivity contribution in [3.8, 4) is 5.75 Å². The van der Waals surface area contributed by atoms with E-state index in [2.05, 4.69) is 25.9 Å². The molecule has 2 amide bonds. The summed E-state index contributed by atoms with van der Waals surface area (Å²) >= 11 is 6.34. The van der Waals surface area contributed by atoms with Crippen molar-refractivity contribution in [2.75, 3.05) is 57.8 Å². The summed E-state index contributed by atoms with van der Waals surface area (Å²) in [6.45, 7) is 0.637. The minimum absolute atomic E-state index is 0.169. The highest BCUT2D eigenvalue weighted by molar-refractivity contribution is 6.43. The third kappa shape index (κ3) is 8.00. The summed E-state index contributed by atoms with van der Waals surface area (Å²) in [5.41, 5.74) is 1.55. The first-order valence-corrected chi connectivity index (χ1v) is 12.2. The molecule has 11 nitrogen and oxygen atoms in total. The Bertz CT molecular complexity index is 1390. The van der Waals surface area contributed by atoms with Gasteiger partial charge in [0.05, 0.1) is 30.2 Å². The number of carbonyl (C=O) groups excluding carboxylic acids is 3. The van der Waals surface area contributed by atoms with E-state index in [1.165, 1.54) is 38.4 Å². The number of Topliss-reactive ketones (excluding diaryl/α,β-unsaturated/α-hetero) is 1. The van der Waals surface area contributed by atoms with Crippen molar-refractivity contribution in [3.63, 3.8) is 0 Å². The number of rotatable bonds is 11. The lowest BCUT2D eigenvalue weighted by atomic mass is 10.1. The van der Waals surface area contributed by atoms with Crippen molar-refractivity contribution < 1.29 is 19.1 Å². The lowest BCUT2D eigenvalue weighted by molar-refractivity contribution is -0.124. The third-order valence-corrected chi connectivity index (χ3v) is 5.50. The quantitative estimate of drug-likeness (QED) is 0.184. The minimum Gasteiger partial charge on any atom is -0.495 e. The van der Waals surface area contributed by atoms with Gasteiger partial charge in [0.25, 0.3) is 11.7 Å². The van der Waals surface area contributed by atoms with Crippen LogP contribution in [0, 0.1) is 0 Å². The number of hydrogen-bond donors (Lipinski definition) is 3. The van der Waals surface area contributed by atoms with Crippen molar-refractivity contribution in [3.05, 3.63) is 71.4 Å². The number of amides is 2. The maximum absolute atomic E-state index is 12.7. The molecule has 204 valence electrons. The van der Waals surface area contributed by atoms with Crippen molar-refractivity contribution >= 4 is 58.0 Å². The number of ketones is 1. The topological polar surface area (TPSA) is 129 Å². The summed E-state index contributed by atoms with van der Waals surface area (Å²) in [7, 11) is 8.35. The molecule has 0 aliphatic rings. The molecule has 0 radical (unpaired) electrons. The zero-order chi connectivity index (χ0) is 28.5. The highest BCUT2D eigenvalue weighted by atomic mass is 35.5. The van der Waals surface area contributed by atoms with Crippen LogP contribution in [-0.4, -0.2) is 79.2 Å². The SMILES string of the molecule is COc1ccc(NC(=O)/C=C/CN(C)C)cc1Nc1ncc(Cl)c(Nc2ccccc2C(=O)C(=O)N(C)C)n1. The number of anilines is 5. The molecular formula is C27H30ClN7O4. The molecule has 39 heavy (non-hydrogen) atoms. The second-order valence-electron chi connectivity index (χ2n) is 8.78. The maximum Gasteiger partial charge on any atom is 0.294 e. The number of likely N-dealkylation sites (N-methyl/N-ethyl adjacent to an activating group) is 2. The van der Waals surface area contributed by atoms with E-state index in [0.717, 1.165) is 0 Å². The molecular weight excluding hydrogens is 522 g/mol. The molecule has 0 fully saturated rings. The van der Waals surface area contributed by atoms with E-state index in [1.54, 1.807) is 48.5 Å². The number of hydrogen-bond acceptors (Lipinski definition) is 9. The molecule has 1 aromatic heterocycles. The van der Waals surface area contributed by atoms with Crippen LogP contribution in [0.4, 0.5) is 28.8 Å². The average Bonchev–Trinajstić information content (AvgIpc) is 2.90. The third-order valence-electron chi connectivity index (χ3n) is 5.22. The largest absolute Gasteiger partial charge is 0.495 e. The fourth-order valence-electron chi connectivity index (χ4n) is 3.31. The van der Waals surface area contributed by atoms with Crippen LogP contribution in [0.5, 0.6) is 5.75 Å². The van der Waals surface area contributed by atoms with E-state index < -0.39 is 11.7 Å². The van der Waals surface area contributed by atoms with Gasteiger partial charge in [-0.05, 0) is 44.4 Å². The van der Waals surface area contributed by atoms with E-state index in [9.17, 15) is 14.4 Å². The van der Waals surface area contributed by atoms with Crippen LogP contribution in [0.25, 0.3) is 0 Å². The fourth-order valence-corrected chi connectivity index (χ4v) is 3.45. The number of halogens is 1. The molecule has 2 aromatic carbocycles. The number of ether oxygens (including phenoxy) is 1. The van der Waals surface area contributed by atoms with Crippen molar-refractivity contribution in [2.24, 2.45) is 0 Å². The van der Waals surface area contributed by atoms with E-state index >= 15 is 0 Å². The first-order valence-electron chi connectivity index (χ1n) is 11.8. The summed E-state index contributed by atoms with van der Waals surface area (Å²) in [5.74, 6) is -0.742. The fraction of sp³-hybridized carbons (Fsp3) is 0.222. The first kappa shape index (κ1) is 29.1. The first-order chi connectivity index (χ1) is 18.6. The number of para-hydroxylation sites is 1. The lowest BCUT2D eigenvalue weighted by Gasteiger charge is -2.15. The number of carbonyl (C=O) groups is 3. The van der Waals surface area contributed by atoms with E-state index in [4.69, 9.17) is 16.3 Å². The average molecular weight is 552 g/mol. The van der Waals surface area contributed by atoms with Crippen LogP contribution < -0.4 is 20.7 Å². The smallest absolute Gasteiger partial charge is 0.294 e. The van der Waals surface area contributed by atoms with E-state index in [0.29, 0.717) is 29.4 Å². The zero-order valence-corrected chi connectivity index (χ0v) is 23.0. The Balaban J connectivity index is 1.84. The highest BCUT2D eigenvalue weighted by Crippen LogP contribution is 2.32. The van der Waals surface area contributed by atoms with Gasteiger partial charge in [0, 0.05) is 32.4 Å². The van der Waals surface area contributed by atoms with Gasteiger partial charge in [-0.25, -0.2) is 4.98 Å². The van der Waals surface area contributed by atoms with Gasteiger partial charge in [0.15, 0.2) is 5.82 Å². The second kappa shape index (κ2) is 13.4. The Morgan fingerprint density at radius 1 is 1.03 bits per heavy atom. The summed E-state index contributed by atoms with van der Waals surface area (Å²) in [5, 5.41) is 9.09. The summed E-state index contributed by atoms with van der Waals surface area (Å²) in [4.78, 5) is 49.0. The maximum atomic E-state index is 12.7. The monoisotopic (exact) mass is 551 g/mol. The molecule has 3 aromatic rings. The molecule has 3 N–H and O–H groups in total. The van der Waals surface area contributed by atoms with Gasteiger partial charge in [-0.2, -0.15) is 4.98 Å². The van der Waals surface area contributed by atoms with Gasteiger partial charge in [-0.1, -0.05) is 29.8 Å². The van der Waals surface area contributed by atoms with Crippen molar-refractivity contribution in [2.45, 2.75) is 0 Å². The van der Waals surface area contributed by atoms with Crippen LogP contribution in [0.15, 0.2) is 60.8 Å². The minimum atomic E-state index is -0.674. The Kier molecular flexibility index (Phi) is 9.96. The summed E-state index contributed by atoms with van der Waals surface area (Å²) in [6, 6.07) is 11.6. The predicted octanol–water partition coefficient (Wildman–Crippen LogP) is 3.95. The molecule has 0 bridgehead atoms. The standard InChI is InChI=1S/C27H30ClN7O4/c1-34(2)14-8-11-23(36)30-17-12-13-22(39-5)21(15-17)32-27-29-16-19(28)25(33-27)31-20-10-7-6-9-18(20)24(37)26(38)35(3)4/h6-13,15-16H,14H2,1-5H3,(H,30,36)(H2,29,31,32,33)/b11-8+. The number of nitrogens with zero attached hydrogens (tertiary/aromatic N) is 4. The molecule has 12 heteroatoms. The van der Waals surface area contributed by atoms with Gasteiger partial charge < -0.3 is 30.5 Å². The van der Waals surface area contributed by atoms with Gasteiger partial charge in [-0.3, -0.25) is 14.4 Å². The van der Waals surface area contributed by atoms with Crippen molar-refractivity contribution in [1.82, 2.24) is 19.8 Å². The molecule has 0 spiro atoms. The normalized spacial score (nSPS) is 10.8. The molecule has 0 saturated carbocycles. The summed E-state index contributed by atoms with van der Waals surface area (Å²) < 4.78 is 5.44. The molecule has 0 saturated heterocycles. The van der Waals surface area contributed by atoms with Gasteiger partial charge in [-0.15, -0.1) is 0 Å². The van der Waals surface area contributed by atoms with Crippen LogP contribution >= 0.6 is 11.6 Å². The molecule has 0 atom stereocenters. The van der Waals surface area contributed by atoms with Crippen LogP contribution in [0.1, 0.15) is 10.4 Å². The van der Waals surface area contributed by atoms with Gasteiger partial charge in [0.2, 0.25) is 11.9 Å². The van der Waals surface area contributed by atoms with Crippen LogP contribution in [0.2, 0.25) is 5.02 Å². The Hall–Kier alpha value is -4.48. The molecule has 0 aliphatic carbocycles. The molecule has 3 rings (SSSR count). The lowest BCUT2D eigenvalue weighted by Crippen LogP contribution is -2.30. The van der Waals surface area contributed by atoms with Gasteiger partial charge in [0.1, 0.15) is 10.8 Å². The second-order valence-corrected chi connectivity index (χ2v) is 9.19. The predicted molar refractivity (Wildman–Crippen MR) is 152 cm³/mol. The number of nitrogens with one attached hydrogen (secondary N) is 3. The van der Waals surface area contributed by atoms with Crippen LogP contribution in [0.3, 0.4) is 0 Å². The molecule has 1 heterocycles. The molecule has 0 unspecified atom stereocenters. The highest BCUT2D eigenvalue weighted by Gasteiger charge is 2.21. The van der Waals surface area contributed by atoms with Crippen molar-refractivity contribution in [1.29, 1.82) is 0 Å². The number of benzene rings is 2. The van der Waals surface area contributed by atoms with Gasteiger partial charge >= 0.3 is 0 Å².